The van der Waals surface area contributed by atoms with Crippen molar-refractivity contribution >= 4 is 21.7 Å². The van der Waals surface area contributed by atoms with Crippen molar-refractivity contribution in [3.8, 4) is 0 Å². The second-order valence-corrected chi connectivity index (χ2v) is 5.87. The fourth-order valence-corrected chi connectivity index (χ4v) is 3.03. The highest BCUT2D eigenvalue weighted by Gasteiger charge is 2.27. The highest BCUT2D eigenvalue weighted by molar-refractivity contribution is 7.89. The number of halogens is 1. The van der Waals surface area contributed by atoms with Crippen LogP contribution in [0.15, 0.2) is 17.0 Å². The van der Waals surface area contributed by atoms with E-state index in [9.17, 15) is 27.7 Å². The van der Waals surface area contributed by atoms with Crippen molar-refractivity contribution in [3.63, 3.8) is 0 Å². The molecule has 1 N–H and O–H groups in total. The van der Waals surface area contributed by atoms with Crippen LogP contribution in [0, 0.1) is 22.9 Å². The molecule has 0 aliphatic carbocycles. The Balaban J connectivity index is 3.29. The summed E-state index contributed by atoms with van der Waals surface area (Å²) in [5, 5.41) is 10.7. The summed E-state index contributed by atoms with van der Waals surface area (Å²) in [6.45, 7) is 2.53. The van der Waals surface area contributed by atoms with Gasteiger partial charge in [0.1, 0.15) is 6.04 Å². The highest BCUT2D eigenvalue weighted by Crippen LogP contribution is 2.25. The number of hydrogen-bond donors (Lipinski definition) is 1. The predicted molar refractivity (Wildman–Crippen MR) is 69.6 cm³/mol. The summed E-state index contributed by atoms with van der Waals surface area (Å²) >= 11 is 0. The van der Waals surface area contributed by atoms with Gasteiger partial charge < -0.3 is 4.74 Å². The Morgan fingerprint density at radius 1 is 1.48 bits per heavy atom. The number of sulfonamides is 1. The minimum Gasteiger partial charge on any atom is -0.468 e. The predicted octanol–water partition coefficient (Wildman–Crippen LogP) is 0.882. The van der Waals surface area contributed by atoms with Crippen LogP contribution in [-0.4, -0.2) is 32.5 Å². The van der Waals surface area contributed by atoms with Gasteiger partial charge in [0.2, 0.25) is 15.8 Å². The van der Waals surface area contributed by atoms with Crippen LogP contribution in [0.5, 0.6) is 0 Å². The number of aryl methyl sites for hydroxylation is 1. The van der Waals surface area contributed by atoms with Gasteiger partial charge in [-0.2, -0.15) is 9.11 Å². The maximum atomic E-state index is 13.4. The fourth-order valence-electron chi connectivity index (χ4n) is 1.59. The van der Waals surface area contributed by atoms with E-state index in [-0.39, 0.29) is 5.56 Å². The van der Waals surface area contributed by atoms with Gasteiger partial charge in [0.15, 0.2) is 0 Å². The molecule has 0 fully saturated rings. The Morgan fingerprint density at radius 2 is 2.05 bits per heavy atom. The van der Waals surface area contributed by atoms with Crippen molar-refractivity contribution < 1.29 is 27.3 Å². The van der Waals surface area contributed by atoms with Crippen molar-refractivity contribution in [1.29, 1.82) is 0 Å². The first kappa shape index (κ1) is 17.0. The second-order valence-electron chi connectivity index (χ2n) is 4.19. The Labute approximate surface area is 120 Å². The quantitative estimate of drug-likeness (QED) is 0.489. The average Bonchev–Trinajstić information content (AvgIpc) is 2.36. The Hall–Kier alpha value is -2.07. The molecule has 0 saturated carbocycles. The number of nitrogens with zero attached hydrogens (tertiary/aromatic N) is 1. The van der Waals surface area contributed by atoms with E-state index in [2.05, 4.69) is 4.74 Å². The third-order valence-corrected chi connectivity index (χ3v) is 4.30. The van der Waals surface area contributed by atoms with Crippen LogP contribution in [0.4, 0.5) is 10.1 Å². The number of nitro groups is 1. The molecule has 1 rings (SSSR count). The zero-order valence-corrected chi connectivity index (χ0v) is 12.2. The number of ether oxygens (including phenoxy) is 1. The fraction of sp³-hybridized carbons (Fsp3) is 0.364. The average molecular weight is 320 g/mol. The molecule has 0 unspecified atom stereocenters. The standard InChI is InChI=1S/C11H13FN2O6S/c1-6-4-8(12)9(14(16)17)5-10(6)21(18,19)13-7(2)11(15)20-3/h4-5,7,13H,1-3H3/t7-/m0/s1. The SMILES string of the molecule is COC(=O)[C@H](C)NS(=O)(=O)c1cc([N+](=O)[O-])c(F)cc1C. The minimum absolute atomic E-state index is 0.0253. The van der Waals surface area contributed by atoms with Crippen molar-refractivity contribution in [2.75, 3.05) is 7.11 Å². The largest absolute Gasteiger partial charge is 0.468 e. The van der Waals surface area contributed by atoms with Crippen molar-refractivity contribution in [1.82, 2.24) is 4.72 Å². The van der Waals surface area contributed by atoms with Gasteiger partial charge in [-0.25, -0.2) is 8.42 Å². The van der Waals surface area contributed by atoms with E-state index in [1.807, 2.05) is 4.72 Å². The minimum atomic E-state index is -4.24. The van der Waals surface area contributed by atoms with E-state index in [1.54, 1.807) is 0 Å². The van der Waals surface area contributed by atoms with Crippen LogP contribution in [0.3, 0.4) is 0 Å². The molecule has 0 aliphatic rings. The lowest BCUT2D eigenvalue weighted by Gasteiger charge is -2.13. The molecule has 0 heterocycles. The molecule has 1 aromatic rings. The van der Waals surface area contributed by atoms with Crippen LogP contribution in [0.1, 0.15) is 12.5 Å². The smallest absolute Gasteiger partial charge is 0.323 e. The zero-order chi connectivity index (χ0) is 16.4. The third kappa shape index (κ3) is 3.73. The van der Waals surface area contributed by atoms with Gasteiger partial charge in [-0.1, -0.05) is 0 Å². The highest BCUT2D eigenvalue weighted by atomic mass is 32.2. The van der Waals surface area contributed by atoms with Gasteiger partial charge in [0, 0.05) is 6.07 Å². The molecule has 0 bridgehead atoms. The van der Waals surface area contributed by atoms with E-state index >= 15 is 0 Å². The summed E-state index contributed by atoms with van der Waals surface area (Å²) in [6.07, 6.45) is 0. The first-order valence-electron chi connectivity index (χ1n) is 5.65. The van der Waals surface area contributed by atoms with Crippen LogP contribution in [-0.2, 0) is 19.6 Å². The lowest BCUT2D eigenvalue weighted by molar-refractivity contribution is -0.387. The zero-order valence-electron chi connectivity index (χ0n) is 11.4. The summed E-state index contributed by atoms with van der Waals surface area (Å²) < 4.78 is 44.0. The molecule has 0 aromatic heterocycles. The molecule has 0 spiro atoms. The topological polar surface area (TPSA) is 116 Å². The van der Waals surface area contributed by atoms with Crippen molar-refractivity contribution in [2.24, 2.45) is 0 Å². The van der Waals surface area contributed by atoms with E-state index in [0.717, 1.165) is 13.2 Å². The number of hydrogen-bond acceptors (Lipinski definition) is 6. The number of carbonyl (C=O) groups is 1. The molecular weight excluding hydrogens is 307 g/mol. The van der Waals surface area contributed by atoms with E-state index in [1.165, 1.54) is 13.8 Å². The first-order valence-corrected chi connectivity index (χ1v) is 7.13. The van der Waals surface area contributed by atoms with Gasteiger partial charge in [0.25, 0.3) is 0 Å². The van der Waals surface area contributed by atoms with Crippen LogP contribution >= 0.6 is 0 Å². The Kier molecular flexibility index (Phi) is 4.97. The molecule has 0 aliphatic heterocycles. The Bertz CT molecular complexity index is 688. The summed E-state index contributed by atoms with van der Waals surface area (Å²) in [5.41, 5.74) is -0.991. The third-order valence-electron chi connectivity index (χ3n) is 2.62. The van der Waals surface area contributed by atoms with Gasteiger partial charge in [0.05, 0.1) is 16.9 Å². The summed E-state index contributed by atoms with van der Waals surface area (Å²) in [7, 11) is -3.16. The van der Waals surface area contributed by atoms with Gasteiger partial charge in [-0.15, -0.1) is 0 Å². The molecule has 21 heavy (non-hydrogen) atoms. The molecule has 0 saturated heterocycles. The van der Waals surface area contributed by atoms with Crippen LogP contribution < -0.4 is 4.72 Å². The number of esters is 1. The molecule has 10 heteroatoms. The molecular formula is C11H13FN2O6S. The monoisotopic (exact) mass is 320 g/mol. The number of rotatable bonds is 5. The van der Waals surface area contributed by atoms with Crippen LogP contribution in [0.25, 0.3) is 0 Å². The van der Waals surface area contributed by atoms with Crippen molar-refractivity contribution in [3.05, 3.63) is 33.6 Å². The maximum absolute atomic E-state index is 13.4. The summed E-state index contributed by atoms with van der Waals surface area (Å²) in [5.74, 6) is -1.97. The molecule has 116 valence electrons. The normalized spacial score (nSPS) is 12.8. The van der Waals surface area contributed by atoms with E-state index < -0.39 is 43.4 Å². The first-order chi connectivity index (χ1) is 9.60. The lowest BCUT2D eigenvalue weighted by Crippen LogP contribution is -2.39. The van der Waals surface area contributed by atoms with Gasteiger partial charge in [-0.05, 0) is 25.5 Å². The number of benzene rings is 1. The lowest BCUT2D eigenvalue weighted by atomic mass is 10.2. The Morgan fingerprint density at radius 3 is 2.52 bits per heavy atom. The summed E-state index contributed by atoms with van der Waals surface area (Å²) in [4.78, 5) is 20.4. The van der Waals surface area contributed by atoms with Gasteiger partial charge in [-0.3, -0.25) is 14.9 Å². The maximum Gasteiger partial charge on any atom is 0.323 e. The summed E-state index contributed by atoms with van der Waals surface area (Å²) in [6, 6.07) is 0.162. The number of methoxy groups -OCH3 is 1. The van der Waals surface area contributed by atoms with E-state index in [0.29, 0.717) is 6.07 Å². The molecule has 1 atom stereocenters. The molecule has 0 radical (unpaired) electrons. The number of nitro benzene ring substituents is 1. The van der Waals surface area contributed by atoms with Crippen molar-refractivity contribution in [2.45, 2.75) is 24.8 Å². The van der Waals surface area contributed by atoms with Crippen LogP contribution in [0.2, 0.25) is 0 Å². The number of carbonyl (C=O) groups excluding carboxylic acids is 1. The molecule has 1 aromatic carbocycles. The molecule has 8 nitrogen and oxygen atoms in total. The number of nitrogens with one attached hydrogen (secondary N) is 1. The van der Waals surface area contributed by atoms with Gasteiger partial charge >= 0.3 is 11.7 Å². The van der Waals surface area contributed by atoms with E-state index in [4.69, 9.17) is 0 Å². The second kappa shape index (κ2) is 6.14. The molecule has 0 amide bonds.